The van der Waals surface area contributed by atoms with Crippen LogP contribution in [-0.4, -0.2) is 36.4 Å². The minimum Gasteiger partial charge on any atom is -0.461 e. The molecule has 22 heavy (non-hydrogen) atoms. The number of rotatable bonds is 5. The molecule has 0 bridgehead atoms. The van der Waals surface area contributed by atoms with Crippen LogP contribution in [0, 0.1) is 0 Å². The molecule has 1 fully saturated rings. The summed E-state index contributed by atoms with van der Waals surface area (Å²) in [5.74, 6) is -0.0684. The fourth-order valence-electron chi connectivity index (χ4n) is 2.67. The van der Waals surface area contributed by atoms with Gasteiger partial charge >= 0.3 is 5.97 Å². The van der Waals surface area contributed by atoms with Crippen molar-refractivity contribution in [1.82, 2.24) is 4.90 Å². The molecule has 1 aromatic carbocycles. The zero-order valence-corrected chi connectivity index (χ0v) is 15.0. The lowest BCUT2D eigenvalue weighted by molar-refractivity contribution is 0.0529. The van der Waals surface area contributed by atoms with Gasteiger partial charge in [-0.1, -0.05) is 12.8 Å². The summed E-state index contributed by atoms with van der Waals surface area (Å²) in [6.07, 6.45) is 5.03. The number of ether oxygens (including phenoxy) is 1. The third-order valence-electron chi connectivity index (χ3n) is 3.85. The maximum atomic E-state index is 12.0. The van der Waals surface area contributed by atoms with Gasteiger partial charge in [-0.05, 0) is 59.6 Å². The molecule has 1 saturated heterocycles. The predicted molar refractivity (Wildman–Crippen MR) is 93.3 cm³/mol. The van der Waals surface area contributed by atoms with E-state index < -0.39 is 0 Å². The number of alkyl halides is 1. The summed E-state index contributed by atoms with van der Waals surface area (Å²) in [5, 5.41) is 0. The fraction of sp³-hybridized carbons (Fsp3) is 0.562. The highest BCUT2D eigenvalue weighted by Crippen LogP contribution is 2.27. The monoisotopic (exact) mass is 388 g/mol. The standard InChI is InChI=1S/C16H22BrClN2O2/c17-14-10-12(16(21)22-8-5-18)9-13(15(14)19)11-20-6-3-1-2-4-7-20/h9-10H,1-8,11,19H2. The van der Waals surface area contributed by atoms with Crippen LogP contribution in [0.5, 0.6) is 0 Å². The zero-order chi connectivity index (χ0) is 15.9. The summed E-state index contributed by atoms with van der Waals surface area (Å²) in [6.45, 7) is 3.14. The number of hydrogen-bond acceptors (Lipinski definition) is 4. The Kier molecular flexibility index (Phi) is 6.99. The molecule has 1 aromatic rings. The fourth-order valence-corrected chi connectivity index (χ4v) is 3.25. The van der Waals surface area contributed by atoms with Gasteiger partial charge in [0, 0.05) is 11.0 Å². The predicted octanol–water partition coefficient (Wildman–Crippen LogP) is 3.80. The SMILES string of the molecule is Nc1c(Br)cc(C(=O)OCCCl)cc1CN1CCCCCC1. The number of esters is 1. The summed E-state index contributed by atoms with van der Waals surface area (Å²) in [6, 6.07) is 3.54. The Bertz CT molecular complexity index is 517. The second kappa shape index (κ2) is 8.75. The molecule has 4 nitrogen and oxygen atoms in total. The Morgan fingerprint density at radius 2 is 1.95 bits per heavy atom. The van der Waals surface area contributed by atoms with Crippen LogP contribution in [0.4, 0.5) is 5.69 Å². The number of benzene rings is 1. The molecular formula is C16H22BrClN2O2. The lowest BCUT2D eigenvalue weighted by atomic mass is 10.1. The molecule has 0 aliphatic carbocycles. The number of nitrogen functional groups attached to an aromatic ring is 1. The van der Waals surface area contributed by atoms with E-state index in [2.05, 4.69) is 20.8 Å². The topological polar surface area (TPSA) is 55.6 Å². The van der Waals surface area contributed by atoms with Gasteiger partial charge in [-0.3, -0.25) is 4.90 Å². The van der Waals surface area contributed by atoms with Crippen molar-refractivity contribution in [2.45, 2.75) is 32.2 Å². The van der Waals surface area contributed by atoms with E-state index in [-0.39, 0.29) is 12.6 Å². The highest BCUT2D eigenvalue weighted by molar-refractivity contribution is 9.10. The molecule has 1 heterocycles. The molecule has 0 spiro atoms. The van der Waals surface area contributed by atoms with Gasteiger partial charge in [-0.2, -0.15) is 0 Å². The Morgan fingerprint density at radius 3 is 2.59 bits per heavy atom. The van der Waals surface area contributed by atoms with E-state index in [9.17, 15) is 4.79 Å². The quantitative estimate of drug-likeness (QED) is 0.473. The smallest absolute Gasteiger partial charge is 0.338 e. The first-order chi connectivity index (χ1) is 10.6. The van der Waals surface area contributed by atoms with Gasteiger partial charge in [0.05, 0.1) is 17.1 Å². The van der Waals surface area contributed by atoms with Crippen LogP contribution in [0.15, 0.2) is 16.6 Å². The lowest BCUT2D eigenvalue weighted by Gasteiger charge is -2.21. The molecule has 1 aliphatic heterocycles. The zero-order valence-electron chi connectivity index (χ0n) is 12.6. The normalized spacial score (nSPS) is 16.3. The van der Waals surface area contributed by atoms with E-state index in [1.54, 1.807) is 6.07 Å². The molecular weight excluding hydrogens is 368 g/mol. The maximum Gasteiger partial charge on any atom is 0.338 e. The molecule has 2 rings (SSSR count). The summed E-state index contributed by atoms with van der Waals surface area (Å²) in [4.78, 5) is 14.4. The van der Waals surface area contributed by atoms with Crippen molar-refractivity contribution in [3.63, 3.8) is 0 Å². The number of carbonyl (C=O) groups excluding carboxylic acids is 1. The summed E-state index contributed by atoms with van der Waals surface area (Å²) in [5.41, 5.74) is 8.33. The summed E-state index contributed by atoms with van der Waals surface area (Å²) < 4.78 is 5.82. The Balaban J connectivity index is 2.15. The molecule has 122 valence electrons. The molecule has 1 aliphatic rings. The van der Waals surface area contributed by atoms with Gasteiger partial charge in [-0.15, -0.1) is 11.6 Å². The van der Waals surface area contributed by atoms with Crippen molar-refractivity contribution in [2.24, 2.45) is 0 Å². The van der Waals surface area contributed by atoms with E-state index in [0.29, 0.717) is 17.1 Å². The van der Waals surface area contributed by atoms with Crippen molar-refractivity contribution in [3.8, 4) is 0 Å². The van der Waals surface area contributed by atoms with Crippen LogP contribution in [0.3, 0.4) is 0 Å². The van der Waals surface area contributed by atoms with Crippen LogP contribution in [0.2, 0.25) is 0 Å². The van der Waals surface area contributed by atoms with Gasteiger partial charge in [-0.25, -0.2) is 4.79 Å². The van der Waals surface area contributed by atoms with E-state index in [4.69, 9.17) is 22.1 Å². The first-order valence-electron chi connectivity index (χ1n) is 7.65. The number of nitrogens with zero attached hydrogens (tertiary/aromatic N) is 1. The van der Waals surface area contributed by atoms with Crippen molar-refractivity contribution >= 4 is 39.2 Å². The van der Waals surface area contributed by atoms with Crippen molar-refractivity contribution in [2.75, 3.05) is 31.3 Å². The Morgan fingerprint density at radius 1 is 1.27 bits per heavy atom. The van der Waals surface area contributed by atoms with E-state index in [1.165, 1.54) is 25.7 Å². The van der Waals surface area contributed by atoms with Crippen molar-refractivity contribution in [3.05, 3.63) is 27.7 Å². The number of likely N-dealkylation sites (tertiary alicyclic amines) is 1. The van der Waals surface area contributed by atoms with Crippen molar-refractivity contribution in [1.29, 1.82) is 0 Å². The molecule has 0 atom stereocenters. The average molecular weight is 390 g/mol. The summed E-state index contributed by atoms with van der Waals surface area (Å²) in [7, 11) is 0. The first-order valence-corrected chi connectivity index (χ1v) is 8.98. The van der Waals surface area contributed by atoms with Gasteiger partial charge in [0.25, 0.3) is 0 Å². The van der Waals surface area contributed by atoms with Crippen LogP contribution in [0.1, 0.15) is 41.6 Å². The number of halogens is 2. The molecule has 6 heteroatoms. The molecule has 0 aromatic heterocycles. The average Bonchev–Trinajstić information content (AvgIpc) is 2.77. The number of anilines is 1. The molecule has 2 N–H and O–H groups in total. The van der Waals surface area contributed by atoms with E-state index in [0.717, 1.165) is 29.7 Å². The Labute approximate surface area is 145 Å². The largest absolute Gasteiger partial charge is 0.461 e. The Hall–Kier alpha value is -0.780. The minimum atomic E-state index is -0.363. The second-order valence-electron chi connectivity index (χ2n) is 5.55. The van der Waals surface area contributed by atoms with Crippen LogP contribution in [0.25, 0.3) is 0 Å². The number of carbonyl (C=O) groups is 1. The van der Waals surface area contributed by atoms with Gasteiger partial charge in [0.15, 0.2) is 0 Å². The molecule has 0 unspecified atom stereocenters. The first kappa shape index (κ1) is 17.6. The highest BCUT2D eigenvalue weighted by Gasteiger charge is 2.16. The molecule has 0 saturated carbocycles. The lowest BCUT2D eigenvalue weighted by Crippen LogP contribution is -2.24. The number of nitrogens with two attached hydrogens (primary N) is 1. The summed E-state index contributed by atoms with van der Waals surface area (Å²) >= 11 is 8.99. The van der Waals surface area contributed by atoms with Gasteiger partial charge < -0.3 is 10.5 Å². The highest BCUT2D eigenvalue weighted by atomic mass is 79.9. The second-order valence-corrected chi connectivity index (χ2v) is 6.78. The third kappa shape index (κ3) is 4.86. The van der Waals surface area contributed by atoms with E-state index >= 15 is 0 Å². The molecule has 0 amide bonds. The van der Waals surface area contributed by atoms with Crippen LogP contribution < -0.4 is 5.73 Å². The third-order valence-corrected chi connectivity index (χ3v) is 4.66. The molecule has 0 radical (unpaired) electrons. The van der Waals surface area contributed by atoms with E-state index in [1.807, 2.05) is 6.07 Å². The van der Waals surface area contributed by atoms with Gasteiger partial charge in [0.1, 0.15) is 6.61 Å². The number of hydrogen-bond donors (Lipinski definition) is 1. The van der Waals surface area contributed by atoms with Crippen LogP contribution in [-0.2, 0) is 11.3 Å². The maximum absolute atomic E-state index is 12.0. The van der Waals surface area contributed by atoms with Crippen molar-refractivity contribution < 1.29 is 9.53 Å². The minimum absolute atomic E-state index is 0.212. The van der Waals surface area contributed by atoms with Gasteiger partial charge in [0.2, 0.25) is 0 Å². The van der Waals surface area contributed by atoms with Crippen LogP contribution >= 0.6 is 27.5 Å².